The van der Waals surface area contributed by atoms with Gasteiger partial charge in [-0.2, -0.15) is 10.1 Å². The Morgan fingerprint density at radius 2 is 1.83 bits per heavy atom. The minimum Gasteiger partial charge on any atom is -0.323 e. The van der Waals surface area contributed by atoms with Gasteiger partial charge in [-0.05, 0) is 37.1 Å². The van der Waals surface area contributed by atoms with Gasteiger partial charge in [0.05, 0.1) is 17.8 Å². The molecule has 178 valence electrons. The molecule has 1 amide bonds. The fraction of sp³-hybridized carbons (Fsp3) is 0.167. The third-order valence-corrected chi connectivity index (χ3v) is 5.67. The summed E-state index contributed by atoms with van der Waals surface area (Å²) in [6.07, 6.45) is 2.28. The van der Waals surface area contributed by atoms with Crippen LogP contribution in [0.5, 0.6) is 0 Å². The van der Waals surface area contributed by atoms with Gasteiger partial charge in [-0.15, -0.1) is 0 Å². The van der Waals surface area contributed by atoms with Gasteiger partial charge >= 0.3 is 0 Å². The summed E-state index contributed by atoms with van der Waals surface area (Å²) in [5, 5.41) is 17.0. The van der Waals surface area contributed by atoms with Crippen LogP contribution < -0.4 is 21.4 Å². The molecule has 0 saturated heterocycles. The van der Waals surface area contributed by atoms with E-state index in [0.717, 1.165) is 18.5 Å². The fourth-order valence-corrected chi connectivity index (χ4v) is 3.67. The zero-order valence-electron chi connectivity index (χ0n) is 18.8. The summed E-state index contributed by atoms with van der Waals surface area (Å²) in [5.41, 5.74) is 5.31. The van der Waals surface area contributed by atoms with E-state index in [4.69, 9.17) is 16.4 Å². The van der Waals surface area contributed by atoms with Gasteiger partial charge < -0.3 is 16.0 Å². The number of carbonyl (C=O) groups excluding carboxylic acids is 1. The highest BCUT2D eigenvalue weighted by Gasteiger charge is 2.26. The second kappa shape index (κ2) is 10.00. The monoisotopic (exact) mass is 490 g/mol. The molecule has 10 nitrogen and oxygen atoms in total. The lowest BCUT2D eigenvalue weighted by Gasteiger charge is -2.16. The van der Waals surface area contributed by atoms with Crippen molar-refractivity contribution in [2.24, 2.45) is 0 Å². The lowest BCUT2D eigenvalue weighted by Crippen LogP contribution is -2.19. The topological polar surface area (TPSA) is 129 Å². The quantitative estimate of drug-likeness (QED) is 0.196. The Hall–Kier alpha value is -4.15. The van der Waals surface area contributed by atoms with E-state index in [0.29, 0.717) is 34.0 Å². The molecule has 2 heterocycles. The van der Waals surface area contributed by atoms with Crippen molar-refractivity contribution in [1.29, 1.82) is 0 Å². The Morgan fingerprint density at radius 3 is 2.57 bits per heavy atom. The molecule has 5 rings (SSSR count). The first-order valence-electron chi connectivity index (χ1n) is 11.0. The molecule has 1 aliphatic rings. The van der Waals surface area contributed by atoms with E-state index in [2.05, 4.69) is 41.6 Å². The van der Waals surface area contributed by atoms with Crippen LogP contribution >= 0.6 is 11.6 Å². The largest absolute Gasteiger partial charge is 0.323 e. The molecular weight excluding hydrogens is 468 g/mol. The van der Waals surface area contributed by atoms with Crippen molar-refractivity contribution in [2.45, 2.75) is 18.8 Å². The zero-order chi connectivity index (χ0) is 24.2. The van der Waals surface area contributed by atoms with Crippen LogP contribution in [0.2, 0.25) is 5.02 Å². The third kappa shape index (κ3) is 5.34. The molecule has 0 radical (unpaired) electrons. The summed E-state index contributed by atoms with van der Waals surface area (Å²) in [6.45, 7) is 0. The average Bonchev–Trinajstić information content (AvgIpc) is 3.61. The molecule has 5 N–H and O–H groups in total. The van der Waals surface area contributed by atoms with Crippen molar-refractivity contribution in [3.05, 3.63) is 77.1 Å². The van der Waals surface area contributed by atoms with Crippen LogP contribution in [0.1, 0.15) is 34.9 Å². The molecule has 0 unspecified atom stereocenters. The van der Waals surface area contributed by atoms with Crippen LogP contribution in [0, 0.1) is 0 Å². The molecule has 0 aliphatic heterocycles. The molecule has 11 heteroatoms. The molecule has 1 saturated carbocycles. The lowest BCUT2D eigenvalue weighted by atomic mass is 10.2. The summed E-state index contributed by atoms with van der Waals surface area (Å²) >= 11 is 6.31. The van der Waals surface area contributed by atoms with Crippen LogP contribution in [0.15, 0.2) is 60.7 Å². The van der Waals surface area contributed by atoms with E-state index in [1.54, 1.807) is 24.3 Å². The number of hydrogen-bond donors (Lipinski definition) is 5. The summed E-state index contributed by atoms with van der Waals surface area (Å²) in [5.74, 6) is 1.07. The second-order valence-corrected chi connectivity index (χ2v) is 8.37. The number of anilines is 6. The van der Waals surface area contributed by atoms with Gasteiger partial charge in [-0.3, -0.25) is 20.2 Å². The lowest BCUT2D eigenvalue weighted by molar-refractivity contribution is 0.102. The van der Waals surface area contributed by atoms with Gasteiger partial charge in [0.1, 0.15) is 5.69 Å². The number of rotatable bonds is 9. The van der Waals surface area contributed by atoms with Crippen LogP contribution in [-0.4, -0.2) is 33.2 Å². The number of halogens is 1. The average molecular weight is 491 g/mol. The minimum atomic E-state index is -0.455. The number of aromatic nitrogens is 4. The van der Waals surface area contributed by atoms with Gasteiger partial charge in [-0.1, -0.05) is 41.9 Å². The van der Waals surface area contributed by atoms with Crippen LogP contribution in [0.3, 0.4) is 0 Å². The van der Waals surface area contributed by atoms with Crippen molar-refractivity contribution in [3.8, 4) is 0 Å². The molecule has 2 aromatic carbocycles. The molecule has 35 heavy (non-hydrogen) atoms. The van der Waals surface area contributed by atoms with Crippen LogP contribution in [0.25, 0.3) is 0 Å². The molecule has 2 aromatic heterocycles. The fourth-order valence-electron chi connectivity index (χ4n) is 3.49. The third-order valence-electron chi connectivity index (χ3n) is 5.34. The Morgan fingerprint density at radius 1 is 1.06 bits per heavy atom. The van der Waals surface area contributed by atoms with Gasteiger partial charge in [0.2, 0.25) is 5.95 Å². The van der Waals surface area contributed by atoms with E-state index >= 15 is 0 Å². The number of aromatic amines is 1. The van der Waals surface area contributed by atoms with Crippen molar-refractivity contribution >= 4 is 52.2 Å². The maximum Gasteiger partial charge on any atom is 0.276 e. The SMILES string of the molecule is CONc1c(Nc2cc(C3CC3)[nH]n2)nc(Nc2ccccc2Cl)nc1C(=O)Nc1ccccc1. The van der Waals surface area contributed by atoms with E-state index in [1.807, 2.05) is 36.4 Å². The maximum absolute atomic E-state index is 13.3. The number of H-pyrrole nitrogens is 1. The normalized spacial score (nSPS) is 12.7. The molecule has 0 bridgehead atoms. The predicted molar refractivity (Wildman–Crippen MR) is 136 cm³/mol. The Balaban J connectivity index is 1.54. The number of carbonyl (C=O) groups is 1. The number of amides is 1. The smallest absolute Gasteiger partial charge is 0.276 e. The predicted octanol–water partition coefficient (Wildman–Crippen LogP) is 5.44. The second-order valence-electron chi connectivity index (χ2n) is 7.96. The van der Waals surface area contributed by atoms with Crippen molar-refractivity contribution < 1.29 is 9.63 Å². The first-order chi connectivity index (χ1) is 17.1. The molecule has 4 aromatic rings. The molecule has 0 spiro atoms. The van der Waals surface area contributed by atoms with Crippen LogP contribution in [-0.2, 0) is 4.84 Å². The summed E-state index contributed by atoms with van der Waals surface area (Å²) in [6, 6.07) is 18.2. The molecule has 1 fully saturated rings. The van der Waals surface area contributed by atoms with Crippen molar-refractivity contribution in [1.82, 2.24) is 20.2 Å². The standard InChI is InChI=1S/C24H23ClN8O2/c1-35-33-20-21(23(34)26-15-7-3-2-4-8-15)29-24(27-17-10-6-5-9-16(17)25)30-22(20)28-19-13-18(31-32-19)14-11-12-14/h2-10,13-14,33H,11-12H2,1H3,(H,26,34)(H3,27,28,29,30,31,32). The summed E-state index contributed by atoms with van der Waals surface area (Å²) in [7, 11) is 1.44. The number of benzene rings is 2. The summed E-state index contributed by atoms with van der Waals surface area (Å²) < 4.78 is 0. The molecule has 0 atom stereocenters. The Bertz CT molecular complexity index is 1340. The number of nitrogens with one attached hydrogen (secondary N) is 5. The first kappa shape index (κ1) is 22.6. The van der Waals surface area contributed by atoms with E-state index in [9.17, 15) is 4.79 Å². The summed E-state index contributed by atoms with van der Waals surface area (Å²) in [4.78, 5) is 27.5. The number of nitrogens with zero attached hydrogens (tertiary/aromatic N) is 3. The number of para-hydroxylation sites is 2. The van der Waals surface area contributed by atoms with Crippen molar-refractivity contribution in [2.75, 3.05) is 28.5 Å². The van der Waals surface area contributed by atoms with E-state index < -0.39 is 5.91 Å². The molecule has 1 aliphatic carbocycles. The zero-order valence-corrected chi connectivity index (χ0v) is 19.6. The maximum atomic E-state index is 13.3. The van der Waals surface area contributed by atoms with Gasteiger partial charge in [0, 0.05) is 23.4 Å². The first-order valence-corrected chi connectivity index (χ1v) is 11.4. The van der Waals surface area contributed by atoms with E-state index in [-0.39, 0.29) is 17.3 Å². The van der Waals surface area contributed by atoms with Gasteiger partial charge in [0.25, 0.3) is 5.91 Å². The van der Waals surface area contributed by atoms with Crippen molar-refractivity contribution in [3.63, 3.8) is 0 Å². The highest BCUT2D eigenvalue weighted by Crippen LogP contribution is 2.40. The van der Waals surface area contributed by atoms with Gasteiger partial charge in [0.15, 0.2) is 17.3 Å². The highest BCUT2D eigenvalue weighted by molar-refractivity contribution is 6.33. The minimum absolute atomic E-state index is 0.0562. The number of hydrogen-bond acceptors (Lipinski definition) is 8. The van der Waals surface area contributed by atoms with Crippen LogP contribution in [0.4, 0.5) is 34.6 Å². The highest BCUT2D eigenvalue weighted by atomic mass is 35.5. The van der Waals surface area contributed by atoms with Gasteiger partial charge in [-0.25, -0.2) is 4.98 Å². The molecular formula is C24H23ClN8O2. The Kier molecular flexibility index (Phi) is 6.47. The Labute approximate surface area is 206 Å². The van der Waals surface area contributed by atoms with E-state index in [1.165, 1.54) is 7.11 Å².